The van der Waals surface area contributed by atoms with Crippen LogP contribution < -0.4 is 11.1 Å². The number of hydrogen-bond donors (Lipinski definition) is 2. The third-order valence-corrected chi connectivity index (χ3v) is 3.18. The van der Waals surface area contributed by atoms with Gasteiger partial charge in [0.15, 0.2) is 5.96 Å². The Morgan fingerprint density at radius 3 is 3.06 bits per heavy atom. The van der Waals surface area contributed by atoms with Crippen molar-refractivity contribution in [3.05, 3.63) is 41.5 Å². The molecule has 96 valence electrons. The van der Waals surface area contributed by atoms with Gasteiger partial charge in [0.25, 0.3) is 0 Å². The minimum Gasteiger partial charge on any atom is -0.370 e. The molecular weight excluding hydrogens is 222 g/mol. The fourth-order valence-corrected chi connectivity index (χ4v) is 2.26. The monoisotopic (exact) mass is 243 g/mol. The zero-order valence-corrected chi connectivity index (χ0v) is 10.9. The summed E-state index contributed by atoms with van der Waals surface area (Å²) in [5.41, 5.74) is 9.81. The smallest absolute Gasteiger partial charge is 0.193 e. The van der Waals surface area contributed by atoms with Crippen LogP contribution in [-0.2, 0) is 12.8 Å². The quantitative estimate of drug-likeness (QED) is 0.370. The van der Waals surface area contributed by atoms with Crippen LogP contribution in [0.5, 0.6) is 0 Å². The fourth-order valence-electron chi connectivity index (χ4n) is 2.26. The van der Waals surface area contributed by atoms with E-state index >= 15 is 0 Å². The number of nitrogens with two attached hydrogens (primary N) is 1. The molecule has 2 rings (SSSR count). The molecule has 1 aliphatic carbocycles. The summed E-state index contributed by atoms with van der Waals surface area (Å²) in [5, 5.41) is 3.15. The number of guanidine groups is 1. The maximum Gasteiger partial charge on any atom is 0.193 e. The molecule has 18 heavy (non-hydrogen) atoms. The van der Waals surface area contributed by atoms with Gasteiger partial charge in [-0.2, -0.15) is 0 Å². The fraction of sp³-hybridized carbons (Fsp3) is 0.400. The molecule has 0 atom stereocenters. The molecule has 0 heterocycles. The van der Waals surface area contributed by atoms with Crippen molar-refractivity contribution in [2.24, 2.45) is 10.7 Å². The molecule has 0 spiro atoms. The molecule has 1 aliphatic rings. The molecule has 0 unspecified atom stereocenters. The van der Waals surface area contributed by atoms with Crippen LogP contribution in [0, 0.1) is 0 Å². The van der Waals surface area contributed by atoms with E-state index in [9.17, 15) is 0 Å². The number of benzene rings is 1. The van der Waals surface area contributed by atoms with Crippen LogP contribution >= 0.6 is 0 Å². The largest absolute Gasteiger partial charge is 0.370 e. The van der Waals surface area contributed by atoms with Gasteiger partial charge >= 0.3 is 0 Å². The van der Waals surface area contributed by atoms with Crippen molar-refractivity contribution >= 4 is 11.6 Å². The van der Waals surface area contributed by atoms with Gasteiger partial charge < -0.3 is 11.1 Å². The molecule has 3 nitrogen and oxygen atoms in total. The van der Waals surface area contributed by atoms with Crippen LogP contribution in [0.15, 0.2) is 35.3 Å². The maximum absolute atomic E-state index is 5.85. The second kappa shape index (κ2) is 6.24. The summed E-state index contributed by atoms with van der Waals surface area (Å²) >= 11 is 0. The molecule has 0 amide bonds. The molecule has 0 aliphatic heterocycles. The van der Waals surface area contributed by atoms with Gasteiger partial charge in [-0.15, -0.1) is 0 Å². The van der Waals surface area contributed by atoms with E-state index in [1.807, 2.05) is 13.0 Å². The van der Waals surface area contributed by atoms with Crippen molar-refractivity contribution in [3.8, 4) is 0 Å². The first-order valence-corrected chi connectivity index (χ1v) is 6.59. The average Bonchev–Trinajstić information content (AvgIpc) is 2.82. The second-order valence-electron chi connectivity index (χ2n) is 4.59. The number of hydrogen-bond acceptors (Lipinski definition) is 1. The lowest BCUT2D eigenvalue weighted by Gasteiger charge is -2.07. The number of fused-ring (bicyclic) bond motifs is 1. The van der Waals surface area contributed by atoms with Gasteiger partial charge in [-0.25, -0.2) is 0 Å². The van der Waals surface area contributed by atoms with Gasteiger partial charge in [0.1, 0.15) is 0 Å². The zero-order chi connectivity index (χ0) is 12.8. The second-order valence-corrected chi connectivity index (χ2v) is 4.59. The molecule has 0 aromatic heterocycles. The number of nitrogens with one attached hydrogen (secondary N) is 1. The summed E-state index contributed by atoms with van der Waals surface area (Å²) in [6.45, 7) is 2.74. The Kier molecular flexibility index (Phi) is 4.40. The van der Waals surface area contributed by atoms with Crippen LogP contribution in [0.4, 0.5) is 5.69 Å². The summed E-state index contributed by atoms with van der Waals surface area (Å²) in [6.07, 6.45) is 8.71. The Labute approximate surface area is 109 Å². The molecule has 0 saturated heterocycles. The first-order chi connectivity index (χ1) is 8.79. The predicted octanol–water partition coefficient (Wildman–Crippen LogP) is 2.87. The van der Waals surface area contributed by atoms with Crippen LogP contribution in [0.1, 0.15) is 30.9 Å². The molecule has 3 N–H and O–H groups in total. The topological polar surface area (TPSA) is 50.4 Å². The zero-order valence-electron chi connectivity index (χ0n) is 10.9. The van der Waals surface area contributed by atoms with Gasteiger partial charge in [-0.05, 0) is 55.9 Å². The van der Waals surface area contributed by atoms with E-state index in [1.54, 1.807) is 0 Å². The Morgan fingerprint density at radius 1 is 1.39 bits per heavy atom. The summed E-state index contributed by atoms with van der Waals surface area (Å²) in [4.78, 5) is 4.28. The van der Waals surface area contributed by atoms with Gasteiger partial charge in [-0.1, -0.05) is 18.2 Å². The number of allylic oxidation sites excluding steroid dienone is 1. The number of aryl methyl sites for hydroxylation is 2. The van der Waals surface area contributed by atoms with Gasteiger partial charge in [-0.3, -0.25) is 4.99 Å². The molecular formula is C15H21N3. The minimum absolute atomic E-state index is 0.498. The highest BCUT2D eigenvalue weighted by Gasteiger charge is 2.10. The van der Waals surface area contributed by atoms with Crippen LogP contribution in [0.25, 0.3) is 0 Å². The summed E-state index contributed by atoms with van der Waals surface area (Å²) in [5.74, 6) is 0.498. The maximum atomic E-state index is 5.85. The normalized spacial score (nSPS) is 15.1. The SMILES string of the molecule is CC=CCCN=C(N)Nc1ccc2c(c1)CCC2. The third kappa shape index (κ3) is 3.36. The summed E-state index contributed by atoms with van der Waals surface area (Å²) in [7, 11) is 0. The molecule has 1 aromatic rings. The highest BCUT2D eigenvalue weighted by Crippen LogP contribution is 2.24. The molecule has 0 saturated carbocycles. The van der Waals surface area contributed by atoms with Crippen LogP contribution in [0.2, 0.25) is 0 Å². The Morgan fingerprint density at radius 2 is 2.22 bits per heavy atom. The van der Waals surface area contributed by atoms with Crippen molar-refractivity contribution in [2.45, 2.75) is 32.6 Å². The summed E-state index contributed by atoms with van der Waals surface area (Å²) in [6, 6.07) is 6.47. The van der Waals surface area contributed by atoms with Crippen LogP contribution in [-0.4, -0.2) is 12.5 Å². The van der Waals surface area contributed by atoms with E-state index in [2.05, 4.69) is 34.6 Å². The Balaban J connectivity index is 1.92. The lowest BCUT2D eigenvalue weighted by Crippen LogP contribution is -2.22. The molecule has 3 heteroatoms. The van der Waals surface area contributed by atoms with Crippen LogP contribution in [0.3, 0.4) is 0 Å². The van der Waals surface area contributed by atoms with E-state index in [1.165, 1.54) is 30.4 Å². The van der Waals surface area contributed by atoms with E-state index < -0.39 is 0 Å². The van der Waals surface area contributed by atoms with E-state index in [-0.39, 0.29) is 0 Å². The van der Waals surface area contributed by atoms with E-state index in [0.29, 0.717) is 5.96 Å². The third-order valence-electron chi connectivity index (χ3n) is 3.18. The number of nitrogens with zero attached hydrogens (tertiary/aromatic N) is 1. The number of rotatable bonds is 4. The summed E-state index contributed by atoms with van der Waals surface area (Å²) < 4.78 is 0. The first-order valence-electron chi connectivity index (χ1n) is 6.59. The highest BCUT2D eigenvalue weighted by atomic mass is 15.1. The van der Waals surface area contributed by atoms with Gasteiger partial charge in [0, 0.05) is 12.2 Å². The Bertz CT molecular complexity index is 461. The lowest BCUT2D eigenvalue weighted by molar-refractivity contribution is 0.912. The Hall–Kier alpha value is -1.77. The van der Waals surface area contributed by atoms with Gasteiger partial charge in [0.05, 0.1) is 0 Å². The molecule has 0 radical (unpaired) electrons. The van der Waals surface area contributed by atoms with Crippen molar-refractivity contribution in [1.29, 1.82) is 0 Å². The number of anilines is 1. The first kappa shape index (κ1) is 12.7. The lowest BCUT2D eigenvalue weighted by atomic mass is 10.1. The van der Waals surface area contributed by atoms with E-state index in [0.717, 1.165) is 18.7 Å². The highest BCUT2D eigenvalue weighted by molar-refractivity contribution is 5.92. The average molecular weight is 243 g/mol. The molecule has 0 bridgehead atoms. The van der Waals surface area contributed by atoms with Gasteiger partial charge in [0.2, 0.25) is 0 Å². The molecule has 1 aromatic carbocycles. The van der Waals surface area contributed by atoms with E-state index in [4.69, 9.17) is 5.73 Å². The predicted molar refractivity (Wildman–Crippen MR) is 78.0 cm³/mol. The standard InChI is InChI=1S/C15H21N3/c1-2-3-4-10-17-15(16)18-14-9-8-12-6-5-7-13(12)11-14/h2-3,8-9,11H,4-7,10H2,1H3,(H3,16,17,18). The van der Waals surface area contributed by atoms with Crippen molar-refractivity contribution < 1.29 is 0 Å². The number of aliphatic imine (C=N–C) groups is 1. The van der Waals surface area contributed by atoms with Crippen molar-refractivity contribution in [3.63, 3.8) is 0 Å². The molecule has 0 fully saturated rings. The minimum atomic E-state index is 0.498. The van der Waals surface area contributed by atoms with Crippen molar-refractivity contribution in [2.75, 3.05) is 11.9 Å². The van der Waals surface area contributed by atoms with Crippen molar-refractivity contribution in [1.82, 2.24) is 0 Å².